The number of H-pyrrole nitrogens is 2. The number of fused-ring (bicyclic) bond motifs is 1. The summed E-state index contributed by atoms with van der Waals surface area (Å²) < 4.78 is 0. The third-order valence-corrected chi connectivity index (χ3v) is 5.20. The van der Waals surface area contributed by atoms with E-state index in [1.807, 2.05) is 30.3 Å². The van der Waals surface area contributed by atoms with Gasteiger partial charge in [0.2, 0.25) is 0 Å². The summed E-state index contributed by atoms with van der Waals surface area (Å²) in [5.41, 5.74) is 5.53. The minimum absolute atomic E-state index is 0.157. The van der Waals surface area contributed by atoms with Crippen molar-refractivity contribution in [3.8, 4) is 11.4 Å². The van der Waals surface area contributed by atoms with Crippen LogP contribution in [0.1, 0.15) is 46.2 Å². The van der Waals surface area contributed by atoms with E-state index in [9.17, 15) is 4.79 Å². The fraction of sp³-hybridized carbons (Fsp3) is 0.227. The molecule has 0 radical (unpaired) electrons. The number of rotatable bonds is 4. The summed E-state index contributed by atoms with van der Waals surface area (Å²) in [4.78, 5) is 20.4. The molecule has 1 saturated carbocycles. The van der Waals surface area contributed by atoms with E-state index in [2.05, 4.69) is 51.5 Å². The van der Waals surface area contributed by atoms with Gasteiger partial charge in [-0.15, -0.1) is 0 Å². The lowest BCUT2D eigenvalue weighted by atomic mass is 10.1. The molecule has 0 spiro atoms. The Morgan fingerprint density at radius 1 is 1.11 bits per heavy atom. The summed E-state index contributed by atoms with van der Waals surface area (Å²) in [7, 11) is 0. The van der Waals surface area contributed by atoms with Gasteiger partial charge in [-0.25, -0.2) is 4.98 Å². The van der Waals surface area contributed by atoms with Gasteiger partial charge in [0.1, 0.15) is 11.5 Å². The predicted octanol–water partition coefficient (Wildman–Crippen LogP) is 4.70. The first-order valence-electron chi connectivity index (χ1n) is 9.51. The second kappa shape index (κ2) is 6.34. The molecule has 2 aromatic heterocycles. The standard InChI is InChI=1S/C22H21N5O/c1-12-9-13(2)17-11-19(24-18(17)10-12)22(28)23-16-7-5-15(6-8-16)21-25-20(26-27-21)14-3-4-14/h5-11,14,24H,3-4H2,1-2H3,(H,23,28)(H,25,26,27). The van der Waals surface area contributed by atoms with Crippen LogP contribution in [-0.2, 0) is 0 Å². The zero-order chi connectivity index (χ0) is 19.3. The zero-order valence-electron chi connectivity index (χ0n) is 15.8. The molecule has 28 heavy (non-hydrogen) atoms. The summed E-state index contributed by atoms with van der Waals surface area (Å²) in [5, 5.41) is 11.3. The summed E-state index contributed by atoms with van der Waals surface area (Å²) in [6.07, 6.45) is 2.37. The van der Waals surface area contributed by atoms with E-state index in [-0.39, 0.29) is 5.91 Å². The molecule has 1 fully saturated rings. The van der Waals surface area contributed by atoms with Crippen LogP contribution in [0.2, 0.25) is 0 Å². The highest BCUT2D eigenvalue weighted by Crippen LogP contribution is 2.38. The van der Waals surface area contributed by atoms with Crippen molar-refractivity contribution < 1.29 is 4.79 Å². The maximum atomic E-state index is 12.6. The number of nitrogens with zero attached hydrogens (tertiary/aromatic N) is 2. The molecule has 1 aliphatic rings. The lowest BCUT2D eigenvalue weighted by Crippen LogP contribution is -2.12. The average molecular weight is 371 g/mol. The number of aromatic nitrogens is 4. The average Bonchev–Trinajstić information content (AvgIpc) is 3.24. The van der Waals surface area contributed by atoms with E-state index in [0.29, 0.717) is 17.4 Å². The Morgan fingerprint density at radius 3 is 2.64 bits per heavy atom. The van der Waals surface area contributed by atoms with Crippen molar-refractivity contribution in [3.05, 3.63) is 65.1 Å². The second-order valence-corrected chi connectivity index (χ2v) is 7.58. The number of amides is 1. The van der Waals surface area contributed by atoms with E-state index in [4.69, 9.17) is 0 Å². The van der Waals surface area contributed by atoms with Crippen LogP contribution in [0.5, 0.6) is 0 Å². The van der Waals surface area contributed by atoms with Crippen LogP contribution in [0.4, 0.5) is 5.69 Å². The maximum Gasteiger partial charge on any atom is 0.272 e. The summed E-state index contributed by atoms with van der Waals surface area (Å²) >= 11 is 0. The van der Waals surface area contributed by atoms with Crippen molar-refractivity contribution in [2.45, 2.75) is 32.6 Å². The van der Waals surface area contributed by atoms with Crippen LogP contribution in [0.25, 0.3) is 22.3 Å². The van der Waals surface area contributed by atoms with Crippen molar-refractivity contribution >= 4 is 22.5 Å². The van der Waals surface area contributed by atoms with Crippen molar-refractivity contribution in [1.29, 1.82) is 0 Å². The van der Waals surface area contributed by atoms with Gasteiger partial charge in [0.05, 0.1) is 0 Å². The molecule has 5 rings (SSSR count). The lowest BCUT2D eigenvalue weighted by Gasteiger charge is -2.04. The van der Waals surface area contributed by atoms with Crippen LogP contribution in [0.15, 0.2) is 42.5 Å². The maximum absolute atomic E-state index is 12.6. The number of aromatic amines is 2. The molecule has 2 heterocycles. The first-order chi connectivity index (χ1) is 13.6. The Hall–Kier alpha value is -3.41. The number of nitrogens with one attached hydrogen (secondary N) is 3. The Kier molecular flexibility index (Phi) is 3.79. The first kappa shape index (κ1) is 16.7. The molecule has 140 valence electrons. The quantitative estimate of drug-likeness (QED) is 0.486. The Morgan fingerprint density at radius 2 is 1.89 bits per heavy atom. The van der Waals surface area contributed by atoms with Gasteiger partial charge in [-0.2, -0.15) is 5.10 Å². The summed E-state index contributed by atoms with van der Waals surface area (Å²) in [5.74, 6) is 2.05. The van der Waals surface area contributed by atoms with E-state index in [0.717, 1.165) is 33.5 Å². The van der Waals surface area contributed by atoms with E-state index in [1.165, 1.54) is 18.4 Å². The highest BCUT2D eigenvalue weighted by Gasteiger charge is 2.27. The minimum atomic E-state index is -0.157. The molecule has 4 aromatic rings. The molecule has 0 saturated heterocycles. The van der Waals surface area contributed by atoms with Crippen LogP contribution in [0.3, 0.4) is 0 Å². The number of anilines is 1. The number of benzene rings is 2. The Labute approximate surface area is 162 Å². The SMILES string of the molecule is Cc1cc(C)c2cc(C(=O)Nc3ccc(-c4n[nH]c(C5CC5)n4)cc3)[nH]c2c1. The van der Waals surface area contributed by atoms with Gasteiger partial charge in [-0.05, 0) is 74.2 Å². The van der Waals surface area contributed by atoms with Gasteiger partial charge in [0.25, 0.3) is 5.91 Å². The number of aryl methyl sites for hydroxylation is 2. The van der Waals surface area contributed by atoms with Gasteiger partial charge < -0.3 is 10.3 Å². The number of carbonyl (C=O) groups is 1. The molecule has 6 nitrogen and oxygen atoms in total. The highest BCUT2D eigenvalue weighted by molar-refractivity contribution is 6.06. The lowest BCUT2D eigenvalue weighted by molar-refractivity contribution is 0.102. The van der Waals surface area contributed by atoms with Crippen molar-refractivity contribution in [1.82, 2.24) is 20.2 Å². The second-order valence-electron chi connectivity index (χ2n) is 7.58. The van der Waals surface area contributed by atoms with Crippen LogP contribution < -0.4 is 5.32 Å². The number of carbonyl (C=O) groups excluding carboxylic acids is 1. The highest BCUT2D eigenvalue weighted by atomic mass is 16.1. The monoisotopic (exact) mass is 371 g/mol. The molecule has 3 N–H and O–H groups in total. The smallest absolute Gasteiger partial charge is 0.272 e. The van der Waals surface area contributed by atoms with Gasteiger partial charge >= 0.3 is 0 Å². The Bertz CT molecular complexity index is 1180. The molecule has 1 aliphatic carbocycles. The molecule has 6 heteroatoms. The molecular formula is C22H21N5O. The normalized spacial score (nSPS) is 13.8. The number of hydrogen-bond acceptors (Lipinski definition) is 3. The number of hydrogen-bond donors (Lipinski definition) is 3. The summed E-state index contributed by atoms with van der Waals surface area (Å²) in [6.45, 7) is 4.11. The fourth-order valence-corrected chi connectivity index (χ4v) is 3.57. The van der Waals surface area contributed by atoms with Crippen LogP contribution >= 0.6 is 0 Å². The minimum Gasteiger partial charge on any atom is -0.351 e. The molecule has 0 aliphatic heterocycles. The molecule has 2 aromatic carbocycles. The van der Waals surface area contributed by atoms with E-state index >= 15 is 0 Å². The predicted molar refractivity (Wildman–Crippen MR) is 110 cm³/mol. The topological polar surface area (TPSA) is 86.5 Å². The molecule has 0 bridgehead atoms. The van der Waals surface area contributed by atoms with Crippen molar-refractivity contribution in [2.75, 3.05) is 5.32 Å². The van der Waals surface area contributed by atoms with Crippen LogP contribution in [-0.4, -0.2) is 26.1 Å². The van der Waals surface area contributed by atoms with Gasteiger partial charge in [0.15, 0.2) is 5.82 Å². The summed E-state index contributed by atoms with van der Waals surface area (Å²) in [6, 6.07) is 13.7. The van der Waals surface area contributed by atoms with Crippen LogP contribution in [0, 0.1) is 13.8 Å². The Balaban J connectivity index is 1.34. The van der Waals surface area contributed by atoms with Gasteiger partial charge in [-0.1, -0.05) is 6.07 Å². The first-order valence-corrected chi connectivity index (χ1v) is 9.51. The molecule has 1 amide bonds. The zero-order valence-corrected chi connectivity index (χ0v) is 15.8. The fourth-order valence-electron chi connectivity index (χ4n) is 3.57. The third kappa shape index (κ3) is 3.07. The van der Waals surface area contributed by atoms with Crippen molar-refractivity contribution in [2.24, 2.45) is 0 Å². The van der Waals surface area contributed by atoms with Gasteiger partial charge in [0, 0.05) is 28.1 Å². The van der Waals surface area contributed by atoms with E-state index < -0.39 is 0 Å². The largest absolute Gasteiger partial charge is 0.351 e. The van der Waals surface area contributed by atoms with E-state index in [1.54, 1.807) is 0 Å². The molecular weight excluding hydrogens is 350 g/mol. The molecule has 0 atom stereocenters. The molecule has 0 unspecified atom stereocenters. The van der Waals surface area contributed by atoms with Gasteiger partial charge in [-0.3, -0.25) is 9.89 Å². The van der Waals surface area contributed by atoms with Crippen molar-refractivity contribution in [3.63, 3.8) is 0 Å². The third-order valence-electron chi connectivity index (χ3n) is 5.20.